The molecule has 0 aliphatic carbocycles. The van der Waals surface area contributed by atoms with Gasteiger partial charge in [0.05, 0.1) is 0 Å². The second kappa shape index (κ2) is 6.66. The van der Waals surface area contributed by atoms with Crippen LogP contribution in [0.5, 0.6) is 0 Å². The van der Waals surface area contributed by atoms with E-state index in [1.807, 2.05) is 0 Å². The molecule has 22 heavy (non-hydrogen) atoms. The lowest BCUT2D eigenvalue weighted by Gasteiger charge is -2.20. The van der Waals surface area contributed by atoms with Gasteiger partial charge >= 0.3 is 0 Å². The summed E-state index contributed by atoms with van der Waals surface area (Å²) in [6.07, 6.45) is 1.00. The first-order valence-corrected chi connectivity index (χ1v) is 8.17. The monoisotopic (exact) mass is 295 g/mol. The van der Waals surface area contributed by atoms with Crippen molar-refractivity contribution in [2.24, 2.45) is 5.73 Å². The molecule has 0 aromatic heterocycles. The molecule has 1 nitrogen and oxygen atoms in total. The van der Waals surface area contributed by atoms with Crippen LogP contribution in [-0.2, 0) is 11.8 Å². The molecule has 0 saturated heterocycles. The van der Waals surface area contributed by atoms with Crippen molar-refractivity contribution in [3.05, 3.63) is 70.3 Å². The van der Waals surface area contributed by atoms with Gasteiger partial charge in [0.15, 0.2) is 0 Å². The van der Waals surface area contributed by atoms with Gasteiger partial charge in [0.2, 0.25) is 0 Å². The van der Waals surface area contributed by atoms with Gasteiger partial charge in [0.25, 0.3) is 0 Å². The van der Waals surface area contributed by atoms with E-state index in [0.717, 1.165) is 6.42 Å². The summed E-state index contributed by atoms with van der Waals surface area (Å²) in [4.78, 5) is 0. The first-order valence-electron chi connectivity index (χ1n) is 8.17. The van der Waals surface area contributed by atoms with E-state index >= 15 is 0 Å². The van der Waals surface area contributed by atoms with Crippen LogP contribution < -0.4 is 5.73 Å². The van der Waals surface area contributed by atoms with E-state index in [4.69, 9.17) is 5.73 Å². The standard InChI is InChI=1S/C21H29N/c1-15-10-16(2)12-18(11-15)19(14-22)13-17-6-8-20(9-7-17)21(3,4)5/h6-12,19H,13-14,22H2,1-5H3. The van der Waals surface area contributed by atoms with Crippen LogP contribution in [-0.4, -0.2) is 6.54 Å². The van der Waals surface area contributed by atoms with E-state index in [-0.39, 0.29) is 5.41 Å². The molecular formula is C21H29N. The molecule has 0 aliphatic heterocycles. The molecule has 118 valence electrons. The van der Waals surface area contributed by atoms with Crippen molar-refractivity contribution in [2.75, 3.05) is 6.54 Å². The molecule has 2 rings (SSSR count). The highest BCUT2D eigenvalue weighted by atomic mass is 14.5. The van der Waals surface area contributed by atoms with Crippen LogP contribution >= 0.6 is 0 Å². The number of hydrogen-bond donors (Lipinski definition) is 1. The third-order valence-corrected chi connectivity index (χ3v) is 4.30. The highest BCUT2D eigenvalue weighted by Crippen LogP contribution is 2.25. The maximum absolute atomic E-state index is 6.05. The Labute approximate surface area is 135 Å². The van der Waals surface area contributed by atoms with Crippen molar-refractivity contribution in [2.45, 2.75) is 52.4 Å². The highest BCUT2D eigenvalue weighted by molar-refractivity contribution is 5.34. The molecule has 0 spiro atoms. The molecule has 0 aliphatic rings. The van der Waals surface area contributed by atoms with Crippen molar-refractivity contribution in [1.29, 1.82) is 0 Å². The van der Waals surface area contributed by atoms with Crippen LogP contribution in [0.2, 0.25) is 0 Å². The average Bonchev–Trinajstić information content (AvgIpc) is 2.43. The molecule has 0 radical (unpaired) electrons. The molecule has 0 saturated carbocycles. The molecule has 0 fully saturated rings. The maximum atomic E-state index is 6.05. The first kappa shape index (κ1) is 16.8. The third-order valence-electron chi connectivity index (χ3n) is 4.30. The Kier molecular flexibility index (Phi) is 5.08. The van der Waals surface area contributed by atoms with Gasteiger partial charge < -0.3 is 5.73 Å². The van der Waals surface area contributed by atoms with E-state index in [9.17, 15) is 0 Å². The van der Waals surface area contributed by atoms with Gasteiger partial charge in [-0.3, -0.25) is 0 Å². The van der Waals surface area contributed by atoms with Gasteiger partial charge in [-0.25, -0.2) is 0 Å². The van der Waals surface area contributed by atoms with Crippen LogP contribution in [0, 0.1) is 13.8 Å². The number of rotatable bonds is 4. The Balaban J connectivity index is 2.20. The van der Waals surface area contributed by atoms with Crippen LogP contribution in [0.4, 0.5) is 0 Å². The van der Waals surface area contributed by atoms with Gasteiger partial charge in [-0.05, 0) is 48.9 Å². The van der Waals surface area contributed by atoms with Crippen LogP contribution in [0.15, 0.2) is 42.5 Å². The Morgan fingerprint density at radius 2 is 1.45 bits per heavy atom. The molecule has 1 heteroatoms. The third kappa shape index (κ3) is 4.20. The van der Waals surface area contributed by atoms with Crippen molar-refractivity contribution < 1.29 is 0 Å². The quantitative estimate of drug-likeness (QED) is 0.854. The average molecular weight is 295 g/mol. The summed E-state index contributed by atoms with van der Waals surface area (Å²) in [7, 11) is 0. The van der Waals surface area contributed by atoms with Crippen LogP contribution in [0.25, 0.3) is 0 Å². The molecule has 0 heterocycles. The number of aryl methyl sites for hydroxylation is 2. The summed E-state index contributed by atoms with van der Waals surface area (Å²) in [5.41, 5.74) is 13.0. The Morgan fingerprint density at radius 3 is 1.91 bits per heavy atom. The predicted octanol–water partition coefficient (Wildman–Crippen LogP) is 4.89. The van der Waals surface area contributed by atoms with Crippen molar-refractivity contribution >= 4 is 0 Å². The molecule has 2 N–H and O–H groups in total. The van der Waals surface area contributed by atoms with Crippen LogP contribution in [0.1, 0.15) is 54.5 Å². The lowest BCUT2D eigenvalue weighted by Crippen LogP contribution is -2.16. The smallest absolute Gasteiger partial charge is 0.000177 e. The predicted molar refractivity (Wildman–Crippen MR) is 96.6 cm³/mol. The second-order valence-electron chi connectivity index (χ2n) is 7.50. The summed E-state index contributed by atoms with van der Waals surface area (Å²) < 4.78 is 0. The van der Waals surface area contributed by atoms with E-state index in [2.05, 4.69) is 77.1 Å². The lowest BCUT2D eigenvalue weighted by atomic mass is 9.85. The zero-order valence-corrected chi connectivity index (χ0v) is 14.6. The van der Waals surface area contributed by atoms with Crippen molar-refractivity contribution in [1.82, 2.24) is 0 Å². The summed E-state index contributed by atoms with van der Waals surface area (Å²) >= 11 is 0. The van der Waals surface area contributed by atoms with Crippen molar-refractivity contribution in [3.63, 3.8) is 0 Å². The van der Waals surface area contributed by atoms with E-state index in [0.29, 0.717) is 12.5 Å². The minimum Gasteiger partial charge on any atom is -0.330 e. The van der Waals surface area contributed by atoms with Gasteiger partial charge in [0, 0.05) is 5.92 Å². The Hall–Kier alpha value is -1.60. The van der Waals surface area contributed by atoms with Crippen molar-refractivity contribution in [3.8, 4) is 0 Å². The number of nitrogens with two attached hydrogens (primary N) is 1. The number of benzene rings is 2. The van der Waals surface area contributed by atoms with Gasteiger partial charge in [-0.1, -0.05) is 74.4 Å². The fourth-order valence-electron chi connectivity index (χ4n) is 3.01. The first-order chi connectivity index (χ1) is 10.3. The number of hydrogen-bond acceptors (Lipinski definition) is 1. The highest BCUT2D eigenvalue weighted by Gasteiger charge is 2.15. The zero-order valence-electron chi connectivity index (χ0n) is 14.6. The Morgan fingerprint density at radius 1 is 0.909 bits per heavy atom. The summed E-state index contributed by atoms with van der Waals surface area (Å²) in [5.74, 6) is 0.388. The molecule has 1 atom stereocenters. The van der Waals surface area contributed by atoms with E-state index < -0.39 is 0 Å². The fraction of sp³-hybridized carbons (Fsp3) is 0.429. The largest absolute Gasteiger partial charge is 0.330 e. The van der Waals surface area contributed by atoms with E-state index in [1.54, 1.807) is 0 Å². The zero-order chi connectivity index (χ0) is 16.3. The molecule has 0 bridgehead atoms. The summed E-state index contributed by atoms with van der Waals surface area (Å²) in [6, 6.07) is 15.8. The lowest BCUT2D eigenvalue weighted by molar-refractivity contribution is 0.589. The SMILES string of the molecule is Cc1cc(C)cc(C(CN)Cc2ccc(C(C)(C)C)cc2)c1. The summed E-state index contributed by atoms with van der Waals surface area (Å²) in [5, 5.41) is 0. The second-order valence-corrected chi connectivity index (χ2v) is 7.50. The van der Waals surface area contributed by atoms with Gasteiger partial charge in [-0.15, -0.1) is 0 Å². The molecule has 1 unspecified atom stereocenters. The maximum Gasteiger partial charge on any atom is 0.000177 e. The fourth-order valence-corrected chi connectivity index (χ4v) is 3.01. The van der Waals surface area contributed by atoms with Crippen LogP contribution in [0.3, 0.4) is 0 Å². The Bertz CT molecular complexity index is 597. The van der Waals surface area contributed by atoms with E-state index in [1.165, 1.54) is 27.8 Å². The topological polar surface area (TPSA) is 26.0 Å². The molecule has 2 aromatic rings. The minimum absolute atomic E-state index is 0.208. The van der Waals surface area contributed by atoms with Gasteiger partial charge in [0.1, 0.15) is 0 Å². The molecule has 2 aromatic carbocycles. The normalized spacial score (nSPS) is 13.2. The van der Waals surface area contributed by atoms with Gasteiger partial charge in [-0.2, -0.15) is 0 Å². The summed E-state index contributed by atoms with van der Waals surface area (Å²) in [6.45, 7) is 11.7. The molecular weight excluding hydrogens is 266 g/mol. The molecule has 0 amide bonds. The minimum atomic E-state index is 0.208.